The van der Waals surface area contributed by atoms with Crippen LogP contribution in [-0.2, 0) is 4.74 Å². The lowest BCUT2D eigenvalue weighted by Crippen LogP contribution is -2.42. The predicted molar refractivity (Wildman–Crippen MR) is 67.9 cm³/mol. The van der Waals surface area contributed by atoms with Crippen molar-refractivity contribution in [3.8, 4) is 0 Å². The van der Waals surface area contributed by atoms with Crippen LogP contribution in [-0.4, -0.2) is 42.4 Å². The third-order valence-electron chi connectivity index (χ3n) is 3.26. The van der Waals surface area contributed by atoms with E-state index >= 15 is 0 Å². The maximum absolute atomic E-state index is 9.68. The monoisotopic (exact) mass is 235 g/mol. The standard InChI is InChI=1S/C14H21NO2/c1-2-13(16)10-15-8-9-17-14(11-15)12-6-4-3-5-7-12/h3-7,13-14,16H,2,8-11H2,1H3. The van der Waals surface area contributed by atoms with Crippen molar-refractivity contribution in [1.29, 1.82) is 0 Å². The van der Waals surface area contributed by atoms with Gasteiger partial charge in [0.15, 0.2) is 0 Å². The number of β-amino-alcohol motifs (C(OH)–C–C–N with tert-alkyl or cyclic N) is 1. The summed E-state index contributed by atoms with van der Waals surface area (Å²) in [5.41, 5.74) is 1.23. The molecular formula is C14H21NO2. The summed E-state index contributed by atoms with van der Waals surface area (Å²) in [6, 6.07) is 10.3. The largest absolute Gasteiger partial charge is 0.392 e. The second-order valence-electron chi connectivity index (χ2n) is 4.59. The third kappa shape index (κ3) is 3.53. The van der Waals surface area contributed by atoms with E-state index in [1.54, 1.807) is 0 Å². The van der Waals surface area contributed by atoms with Crippen LogP contribution in [0.4, 0.5) is 0 Å². The molecule has 2 atom stereocenters. The quantitative estimate of drug-likeness (QED) is 0.864. The van der Waals surface area contributed by atoms with Gasteiger partial charge in [0.2, 0.25) is 0 Å². The number of aliphatic hydroxyl groups is 1. The Labute approximate surface area is 103 Å². The van der Waals surface area contributed by atoms with E-state index in [4.69, 9.17) is 4.74 Å². The van der Waals surface area contributed by atoms with Crippen LogP contribution in [0.1, 0.15) is 25.0 Å². The third-order valence-corrected chi connectivity index (χ3v) is 3.26. The second kappa shape index (κ2) is 6.15. The summed E-state index contributed by atoms with van der Waals surface area (Å²) in [6.45, 7) is 5.31. The zero-order valence-electron chi connectivity index (χ0n) is 10.4. The smallest absolute Gasteiger partial charge is 0.0952 e. The molecule has 0 bridgehead atoms. The molecular weight excluding hydrogens is 214 g/mol. The minimum absolute atomic E-state index is 0.147. The molecule has 0 spiro atoms. The Kier molecular flexibility index (Phi) is 4.54. The summed E-state index contributed by atoms with van der Waals surface area (Å²) in [5, 5.41) is 9.68. The lowest BCUT2D eigenvalue weighted by Gasteiger charge is -2.34. The van der Waals surface area contributed by atoms with Gasteiger partial charge in [-0.2, -0.15) is 0 Å². The molecule has 17 heavy (non-hydrogen) atoms. The zero-order valence-corrected chi connectivity index (χ0v) is 10.4. The number of aliphatic hydroxyl groups excluding tert-OH is 1. The van der Waals surface area contributed by atoms with Crippen LogP contribution in [0.2, 0.25) is 0 Å². The Balaban J connectivity index is 1.93. The van der Waals surface area contributed by atoms with Gasteiger partial charge in [0, 0.05) is 19.6 Å². The Morgan fingerprint density at radius 1 is 1.41 bits per heavy atom. The Bertz CT molecular complexity index is 328. The molecule has 1 heterocycles. The Hall–Kier alpha value is -0.900. The topological polar surface area (TPSA) is 32.7 Å². The van der Waals surface area contributed by atoms with Crippen LogP contribution in [0.15, 0.2) is 30.3 Å². The average molecular weight is 235 g/mol. The van der Waals surface area contributed by atoms with Crippen LogP contribution in [0.3, 0.4) is 0 Å². The summed E-state index contributed by atoms with van der Waals surface area (Å²) in [7, 11) is 0. The molecule has 1 N–H and O–H groups in total. The molecule has 2 unspecified atom stereocenters. The van der Waals surface area contributed by atoms with Crippen molar-refractivity contribution in [2.24, 2.45) is 0 Å². The molecule has 0 amide bonds. The first-order chi connectivity index (χ1) is 8.29. The average Bonchev–Trinajstić information content (AvgIpc) is 2.40. The van der Waals surface area contributed by atoms with Gasteiger partial charge in [0.1, 0.15) is 0 Å². The van der Waals surface area contributed by atoms with Crippen LogP contribution < -0.4 is 0 Å². The maximum Gasteiger partial charge on any atom is 0.0952 e. The molecule has 0 aromatic heterocycles. The van der Waals surface area contributed by atoms with Crippen molar-refractivity contribution < 1.29 is 9.84 Å². The van der Waals surface area contributed by atoms with E-state index in [1.807, 2.05) is 25.1 Å². The Morgan fingerprint density at radius 2 is 2.18 bits per heavy atom. The van der Waals surface area contributed by atoms with Crippen molar-refractivity contribution >= 4 is 0 Å². The molecule has 3 nitrogen and oxygen atoms in total. The first kappa shape index (κ1) is 12.6. The van der Waals surface area contributed by atoms with E-state index in [-0.39, 0.29) is 12.2 Å². The van der Waals surface area contributed by atoms with Crippen LogP contribution in [0, 0.1) is 0 Å². The van der Waals surface area contributed by atoms with Crippen LogP contribution >= 0.6 is 0 Å². The fourth-order valence-electron chi connectivity index (χ4n) is 2.16. The summed E-state index contributed by atoms with van der Waals surface area (Å²) < 4.78 is 5.79. The molecule has 1 aromatic rings. The van der Waals surface area contributed by atoms with Gasteiger partial charge in [-0.25, -0.2) is 0 Å². The van der Waals surface area contributed by atoms with Gasteiger partial charge in [-0.3, -0.25) is 4.90 Å². The number of benzene rings is 1. The molecule has 94 valence electrons. The number of morpholine rings is 1. The number of hydrogen-bond acceptors (Lipinski definition) is 3. The van der Waals surface area contributed by atoms with Crippen molar-refractivity contribution in [3.05, 3.63) is 35.9 Å². The summed E-state index contributed by atoms with van der Waals surface area (Å²) >= 11 is 0. The first-order valence-corrected chi connectivity index (χ1v) is 6.36. The van der Waals surface area contributed by atoms with Crippen LogP contribution in [0.5, 0.6) is 0 Å². The fourth-order valence-corrected chi connectivity index (χ4v) is 2.16. The van der Waals surface area contributed by atoms with Crippen LogP contribution in [0.25, 0.3) is 0 Å². The highest BCUT2D eigenvalue weighted by Gasteiger charge is 2.22. The maximum atomic E-state index is 9.68. The molecule has 0 radical (unpaired) electrons. The fraction of sp³-hybridized carbons (Fsp3) is 0.571. The van der Waals surface area contributed by atoms with Gasteiger partial charge in [0.05, 0.1) is 18.8 Å². The molecule has 1 fully saturated rings. The molecule has 3 heteroatoms. The molecule has 1 aliphatic rings. The van der Waals surface area contributed by atoms with Gasteiger partial charge >= 0.3 is 0 Å². The summed E-state index contributed by atoms with van der Waals surface area (Å²) in [5.74, 6) is 0. The van der Waals surface area contributed by atoms with Gasteiger partial charge in [-0.05, 0) is 12.0 Å². The van der Waals surface area contributed by atoms with Gasteiger partial charge in [-0.15, -0.1) is 0 Å². The number of rotatable bonds is 4. The molecule has 0 saturated carbocycles. The SMILES string of the molecule is CCC(O)CN1CCOC(c2ccccc2)C1. The van der Waals surface area contributed by atoms with Gasteiger partial charge in [0.25, 0.3) is 0 Å². The van der Waals surface area contributed by atoms with Gasteiger partial charge in [-0.1, -0.05) is 37.3 Å². The van der Waals surface area contributed by atoms with E-state index in [1.165, 1.54) is 5.56 Å². The number of hydrogen-bond donors (Lipinski definition) is 1. The van der Waals surface area contributed by atoms with Crippen molar-refractivity contribution in [1.82, 2.24) is 4.90 Å². The highest BCUT2D eigenvalue weighted by molar-refractivity contribution is 5.18. The first-order valence-electron chi connectivity index (χ1n) is 6.36. The minimum atomic E-state index is -0.218. The van der Waals surface area contributed by atoms with Crippen molar-refractivity contribution in [2.75, 3.05) is 26.2 Å². The van der Waals surface area contributed by atoms with E-state index in [9.17, 15) is 5.11 Å². The molecule has 1 saturated heterocycles. The number of ether oxygens (including phenoxy) is 1. The number of nitrogens with zero attached hydrogens (tertiary/aromatic N) is 1. The lowest BCUT2D eigenvalue weighted by atomic mass is 10.1. The van der Waals surface area contributed by atoms with Gasteiger partial charge < -0.3 is 9.84 Å². The van der Waals surface area contributed by atoms with E-state index in [0.717, 1.165) is 32.7 Å². The van der Waals surface area contributed by atoms with E-state index in [0.29, 0.717) is 0 Å². The normalized spacial score (nSPS) is 23.5. The van der Waals surface area contributed by atoms with E-state index in [2.05, 4.69) is 17.0 Å². The second-order valence-corrected chi connectivity index (χ2v) is 4.59. The molecule has 0 aliphatic carbocycles. The highest BCUT2D eigenvalue weighted by Crippen LogP contribution is 2.21. The lowest BCUT2D eigenvalue weighted by molar-refractivity contribution is -0.0422. The summed E-state index contributed by atoms with van der Waals surface area (Å²) in [4.78, 5) is 2.29. The van der Waals surface area contributed by atoms with Crippen molar-refractivity contribution in [2.45, 2.75) is 25.6 Å². The highest BCUT2D eigenvalue weighted by atomic mass is 16.5. The molecule has 1 aliphatic heterocycles. The van der Waals surface area contributed by atoms with Crippen molar-refractivity contribution in [3.63, 3.8) is 0 Å². The van der Waals surface area contributed by atoms with E-state index < -0.39 is 0 Å². The Morgan fingerprint density at radius 3 is 2.88 bits per heavy atom. The molecule has 1 aromatic carbocycles. The molecule has 2 rings (SSSR count). The minimum Gasteiger partial charge on any atom is -0.392 e. The summed E-state index contributed by atoms with van der Waals surface area (Å²) in [6.07, 6.45) is 0.742. The zero-order chi connectivity index (χ0) is 12.1. The predicted octanol–water partition coefficient (Wildman–Crippen LogP) is 1.83.